The molecule has 0 heterocycles. The number of rotatable bonds is 4. The zero-order valence-electron chi connectivity index (χ0n) is 11.2. The van der Waals surface area contributed by atoms with Gasteiger partial charge in [0.1, 0.15) is 5.82 Å². The van der Waals surface area contributed by atoms with Crippen molar-refractivity contribution in [3.05, 3.63) is 63.4 Å². The van der Waals surface area contributed by atoms with Crippen LogP contribution in [-0.2, 0) is 0 Å². The monoisotopic (exact) mass is 326 g/mol. The van der Waals surface area contributed by atoms with E-state index >= 15 is 0 Å². The van der Waals surface area contributed by atoms with E-state index in [1.54, 1.807) is 24.3 Å². The molecular formula is C15H13Cl2FN2O. The van der Waals surface area contributed by atoms with Crippen LogP contribution in [-0.4, -0.2) is 5.91 Å². The number of carbonyl (C=O) groups excluding carboxylic acids is 1. The van der Waals surface area contributed by atoms with Crippen molar-refractivity contribution in [2.75, 3.05) is 5.32 Å². The van der Waals surface area contributed by atoms with Gasteiger partial charge in [-0.3, -0.25) is 4.79 Å². The predicted octanol–water partition coefficient (Wildman–Crippen LogP) is 4.40. The maximum atomic E-state index is 13.0. The Morgan fingerprint density at radius 1 is 1.19 bits per heavy atom. The first kappa shape index (κ1) is 15.6. The first-order chi connectivity index (χ1) is 9.88. The number of primary amides is 1. The van der Waals surface area contributed by atoms with Gasteiger partial charge in [0.2, 0.25) is 5.91 Å². The lowest BCUT2D eigenvalue weighted by Gasteiger charge is -2.17. The second-order valence-electron chi connectivity index (χ2n) is 4.59. The van der Waals surface area contributed by atoms with Gasteiger partial charge in [0.25, 0.3) is 0 Å². The van der Waals surface area contributed by atoms with Crippen molar-refractivity contribution in [2.45, 2.75) is 13.0 Å². The van der Waals surface area contributed by atoms with E-state index in [0.29, 0.717) is 10.7 Å². The molecule has 2 rings (SSSR count). The van der Waals surface area contributed by atoms with Crippen molar-refractivity contribution in [2.24, 2.45) is 5.73 Å². The zero-order valence-corrected chi connectivity index (χ0v) is 12.7. The lowest BCUT2D eigenvalue weighted by atomic mass is 10.1. The molecule has 1 atom stereocenters. The summed E-state index contributed by atoms with van der Waals surface area (Å²) in [5.74, 6) is -0.967. The molecule has 0 aliphatic carbocycles. The minimum atomic E-state index is -0.582. The minimum Gasteiger partial charge on any atom is -0.378 e. The van der Waals surface area contributed by atoms with Crippen LogP contribution >= 0.6 is 23.2 Å². The van der Waals surface area contributed by atoms with E-state index in [2.05, 4.69) is 5.32 Å². The fraction of sp³-hybridized carbons (Fsp3) is 0.133. The number of hydrogen-bond donors (Lipinski definition) is 2. The maximum absolute atomic E-state index is 13.0. The van der Waals surface area contributed by atoms with Crippen molar-refractivity contribution in [1.82, 2.24) is 0 Å². The van der Waals surface area contributed by atoms with Gasteiger partial charge in [-0.1, -0.05) is 29.3 Å². The molecular weight excluding hydrogens is 314 g/mol. The molecule has 0 aliphatic heterocycles. The molecule has 0 fully saturated rings. The Labute approximate surface area is 131 Å². The lowest BCUT2D eigenvalue weighted by molar-refractivity contribution is 0.100. The quantitative estimate of drug-likeness (QED) is 0.874. The third-order valence-corrected chi connectivity index (χ3v) is 3.69. The highest BCUT2D eigenvalue weighted by Gasteiger charge is 2.12. The summed E-state index contributed by atoms with van der Waals surface area (Å²) in [6, 6.07) is 8.92. The average Bonchev–Trinajstić information content (AvgIpc) is 2.37. The molecule has 110 valence electrons. The van der Waals surface area contributed by atoms with Crippen LogP contribution < -0.4 is 11.1 Å². The fourth-order valence-corrected chi connectivity index (χ4v) is 2.59. The third-order valence-electron chi connectivity index (χ3n) is 3.05. The molecule has 3 nitrogen and oxygen atoms in total. The van der Waals surface area contributed by atoms with E-state index in [1.807, 2.05) is 6.92 Å². The van der Waals surface area contributed by atoms with Gasteiger partial charge >= 0.3 is 0 Å². The smallest absolute Gasteiger partial charge is 0.250 e. The Balaban J connectivity index is 2.21. The Morgan fingerprint density at radius 3 is 2.48 bits per heavy atom. The van der Waals surface area contributed by atoms with E-state index in [0.717, 1.165) is 5.56 Å². The SMILES string of the molecule is CC(Nc1ccc(C(N)=O)c(Cl)c1)c1ccc(F)cc1Cl. The molecule has 1 unspecified atom stereocenters. The summed E-state index contributed by atoms with van der Waals surface area (Å²) in [4.78, 5) is 11.1. The van der Waals surface area contributed by atoms with E-state index in [4.69, 9.17) is 28.9 Å². The molecule has 2 aromatic rings. The van der Waals surface area contributed by atoms with E-state index < -0.39 is 5.91 Å². The van der Waals surface area contributed by atoms with Crippen molar-refractivity contribution >= 4 is 34.8 Å². The highest BCUT2D eigenvalue weighted by Crippen LogP contribution is 2.28. The van der Waals surface area contributed by atoms with Gasteiger partial charge in [-0.15, -0.1) is 0 Å². The number of nitrogens with one attached hydrogen (secondary N) is 1. The highest BCUT2D eigenvalue weighted by molar-refractivity contribution is 6.34. The van der Waals surface area contributed by atoms with Gasteiger partial charge in [-0.2, -0.15) is 0 Å². The number of hydrogen-bond acceptors (Lipinski definition) is 2. The third kappa shape index (κ3) is 3.65. The van der Waals surface area contributed by atoms with Gasteiger partial charge in [-0.05, 0) is 42.8 Å². The number of amides is 1. The van der Waals surface area contributed by atoms with Crippen LogP contribution in [0.3, 0.4) is 0 Å². The molecule has 0 saturated carbocycles. The number of nitrogens with two attached hydrogens (primary N) is 1. The van der Waals surface area contributed by atoms with Crippen LogP contribution in [0, 0.1) is 5.82 Å². The fourth-order valence-electron chi connectivity index (χ4n) is 1.99. The summed E-state index contributed by atoms with van der Waals surface area (Å²) < 4.78 is 13.0. The first-order valence-electron chi connectivity index (χ1n) is 6.19. The topological polar surface area (TPSA) is 55.1 Å². The molecule has 2 aromatic carbocycles. The Kier molecular flexibility index (Phi) is 4.70. The largest absolute Gasteiger partial charge is 0.378 e. The molecule has 0 bridgehead atoms. The number of carbonyl (C=O) groups is 1. The highest BCUT2D eigenvalue weighted by atomic mass is 35.5. The minimum absolute atomic E-state index is 0.159. The van der Waals surface area contributed by atoms with Gasteiger partial charge in [0, 0.05) is 16.8 Å². The summed E-state index contributed by atoms with van der Waals surface area (Å²) >= 11 is 12.0. The summed E-state index contributed by atoms with van der Waals surface area (Å²) in [5.41, 5.74) is 6.92. The van der Waals surface area contributed by atoms with Crippen molar-refractivity contribution in [3.63, 3.8) is 0 Å². The molecule has 0 aromatic heterocycles. The summed E-state index contributed by atoms with van der Waals surface area (Å²) in [7, 11) is 0. The standard InChI is InChI=1S/C15H13Cl2FN2O/c1-8(11-4-2-9(18)6-13(11)16)20-10-3-5-12(15(19)21)14(17)7-10/h2-8,20H,1H3,(H2,19,21). The van der Waals surface area contributed by atoms with Gasteiger partial charge in [0.05, 0.1) is 10.6 Å². The Morgan fingerprint density at radius 2 is 1.90 bits per heavy atom. The lowest BCUT2D eigenvalue weighted by Crippen LogP contribution is -2.12. The Hall–Kier alpha value is -1.78. The van der Waals surface area contributed by atoms with E-state index in [9.17, 15) is 9.18 Å². The van der Waals surface area contributed by atoms with Crippen molar-refractivity contribution in [1.29, 1.82) is 0 Å². The van der Waals surface area contributed by atoms with E-state index in [1.165, 1.54) is 12.1 Å². The average molecular weight is 327 g/mol. The second-order valence-corrected chi connectivity index (χ2v) is 5.41. The maximum Gasteiger partial charge on any atom is 0.250 e. The van der Waals surface area contributed by atoms with Crippen LogP contribution in [0.5, 0.6) is 0 Å². The van der Waals surface area contributed by atoms with Gasteiger partial charge < -0.3 is 11.1 Å². The van der Waals surface area contributed by atoms with Gasteiger partial charge in [-0.25, -0.2) is 4.39 Å². The summed E-state index contributed by atoms with van der Waals surface area (Å²) in [5, 5.41) is 3.79. The number of benzene rings is 2. The van der Waals surface area contributed by atoms with Crippen LogP contribution in [0.2, 0.25) is 10.0 Å². The van der Waals surface area contributed by atoms with Crippen molar-refractivity contribution in [3.8, 4) is 0 Å². The molecule has 1 amide bonds. The molecule has 0 aliphatic rings. The van der Waals surface area contributed by atoms with E-state index in [-0.39, 0.29) is 22.4 Å². The van der Waals surface area contributed by atoms with Gasteiger partial charge in [0.15, 0.2) is 0 Å². The normalized spacial score (nSPS) is 12.0. The molecule has 0 spiro atoms. The zero-order chi connectivity index (χ0) is 15.6. The van der Waals surface area contributed by atoms with Crippen LogP contribution in [0.4, 0.5) is 10.1 Å². The van der Waals surface area contributed by atoms with Crippen LogP contribution in [0.25, 0.3) is 0 Å². The predicted molar refractivity (Wildman–Crippen MR) is 83.4 cm³/mol. The number of halogens is 3. The molecule has 21 heavy (non-hydrogen) atoms. The molecule has 0 radical (unpaired) electrons. The second kappa shape index (κ2) is 6.33. The number of anilines is 1. The first-order valence-corrected chi connectivity index (χ1v) is 6.95. The van der Waals surface area contributed by atoms with Crippen molar-refractivity contribution < 1.29 is 9.18 Å². The molecule has 3 N–H and O–H groups in total. The molecule has 0 saturated heterocycles. The summed E-state index contributed by atoms with van der Waals surface area (Å²) in [6.07, 6.45) is 0. The molecule has 6 heteroatoms. The van der Waals surface area contributed by atoms with Crippen LogP contribution in [0.15, 0.2) is 36.4 Å². The van der Waals surface area contributed by atoms with Crippen LogP contribution in [0.1, 0.15) is 28.9 Å². The Bertz CT molecular complexity index is 691. The summed E-state index contributed by atoms with van der Waals surface area (Å²) in [6.45, 7) is 1.88.